The summed E-state index contributed by atoms with van der Waals surface area (Å²) in [6.07, 6.45) is 3.63. The van der Waals surface area contributed by atoms with Crippen LogP contribution in [0.2, 0.25) is 0 Å². The zero-order chi connectivity index (χ0) is 70.8. The molecular formula is C73H118N10O12. The van der Waals surface area contributed by atoms with E-state index >= 15 is 0 Å². The quantitative estimate of drug-likeness (QED) is 0.0350. The van der Waals surface area contributed by atoms with E-state index in [-0.39, 0.29) is 147 Å². The highest BCUT2D eigenvalue weighted by molar-refractivity contribution is 5.97. The van der Waals surface area contributed by atoms with E-state index in [1.165, 1.54) is 0 Å². The van der Waals surface area contributed by atoms with E-state index in [0.29, 0.717) is 50.9 Å². The minimum absolute atomic E-state index is 0.0172. The van der Waals surface area contributed by atoms with Crippen LogP contribution >= 0.6 is 0 Å². The summed E-state index contributed by atoms with van der Waals surface area (Å²) in [7, 11) is 10.3. The molecule has 0 spiro atoms. The van der Waals surface area contributed by atoms with E-state index in [4.69, 9.17) is 15.2 Å². The molecule has 2 fully saturated rings. The van der Waals surface area contributed by atoms with Gasteiger partial charge in [0.1, 0.15) is 5.78 Å². The Morgan fingerprint density at radius 2 is 1.38 bits per heavy atom. The third-order valence-corrected chi connectivity index (χ3v) is 19.9. The van der Waals surface area contributed by atoms with E-state index in [2.05, 4.69) is 38.4 Å². The molecule has 95 heavy (non-hydrogen) atoms. The minimum Gasteiger partial charge on any atom is -0.379 e. The number of piperidine rings is 1. The Morgan fingerprint density at radius 1 is 0.716 bits per heavy atom. The number of nitrogens with zero attached hydrogens (tertiary/aromatic N) is 4. The fraction of sp³-hybridized carbons (Fsp3) is 0.699. The summed E-state index contributed by atoms with van der Waals surface area (Å²) < 4.78 is 12.3. The number of hydrogen-bond donors (Lipinski definition) is 6. The summed E-state index contributed by atoms with van der Waals surface area (Å²) in [5.41, 5.74) is 7.35. The lowest BCUT2D eigenvalue weighted by molar-refractivity contribution is -0.149. The molecule has 0 saturated carbocycles. The number of primary amides is 1. The molecule has 2 aromatic rings. The number of Topliss-reactive ketones (excluding diaryl/α,β-unsaturated/α-hetero) is 3. The molecule has 8 amide bonds. The van der Waals surface area contributed by atoms with Crippen molar-refractivity contribution >= 4 is 64.5 Å². The number of rotatable bonds is 41. The lowest BCUT2D eigenvalue weighted by atomic mass is 9.83. The Bertz CT molecular complexity index is 2790. The van der Waals surface area contributed by atoms with Gasteiger partial charge in [-0.25, -0.2) is 4.79 Å². The average molecular weight is 1330 g/mol. The third-order valence-electron chi connectivity index (χ3n) is 19.9. The van der Waals surface area contributed by atoms with Crippen LogP contribution < -0.4 is 32.3 Å². The van der Waals surface area contributed by atoms with Crippen LogP contribution in [0, 0.1) is 53.3 Å². The van der Waals surface area contributed by atoms with Crippen LogP contribution in [-0.4, -0.2) is 189 Å². The van der Waals surface area contributed by atoms with Gasteiger partial charge >= 0.3 is 6.03 Å². The van der Waals surface area contributed by atoms with Gasteiger partial charge in [0, 0.05) is 115 Å². The van der Waals surface area contributed by atoms with Crippen molar-refractivity contribution in [3.05, 3.63) is 65.7 Å². The molecular weight excluding hydrogens is 1210 g/mol. The predicted octanol–water partition coefficient (Wildman–Crippen LogP) is 7.59. The standard InChI is InChI=1S/C73H118N10O12/c1-17-48(8)67(81(14)72(92)57(45(2)3)42-61(86)66(47(6)7)80(12)13)62(94-15)43-64(88)83-36-22-27-58(83)68(95-16)50(10)59(84)41-55(39-51-24-19-18-20-25-51)70(90)77-44-52-29-31-56(32-30-52)78-71(91)53(26-21-34-76-73(74)93)40-60(85)65(46(4)5)79-63(87)28-23-35-82-37-33-54(38-49(82)9)69(89)75-11/h18-20,24-25,29-32,45-50,53-55,57-58,62,65-68H,17,21-23,26-28,33-44H2,1-16H3,(H,75,89)(H,77,90)(H,78,91)(H,79,87)(H3,74,76,93)/t48-,49?,50-,53+,54?,55+,57-,58-,62+,65-,66-,67-,68+/m0/s1. The number of carbonyl (C=O) groups is 10. The maximum Gasteiger partial charge on any atom is 0.312 e. The average Bonchev–Trinajstić information content (AvgIpc) is 1.80. The van der Waals surface area contributed by atoms with Crippen LogP contribution in [0.4, 0.5) is 10.5 Å². The summed E-state index contributed by atoms with van der Waals surface area (Å²) in [6, 6.07) is 13.8. The van der Waals surface area contributed by atoms with Gasteiger partial charge in [0.05, 0.1) is 42.8 Å². The van der Waals surface area contributed by atoms with Crippen LogP contribution in [0.15, 0.2) is 54.6 Å². The lowest BCUT2D eigenvalue weighted by Gasteiger charge is -2.41. The van der Waals surface area contributed by atoms with Crippen LogP contribution in [-0.2, 0) is 65.6 Å². The van der Waals surface area contributed by atoms with E-state index in [9.17, 15) is 47.9 Å². The number of nitrogens with two attached hydrogens (primary N) is 1. The molecule has 0 aromatic heterocycles. The first-order chi connectivity index (χ1) is 45.0. The Balaban J connectivity index is 1.43. The highest BCUT2D eigenvalue weighted by atomic mass is 16.5. The highest BCUT2D eigenvalue weighted by Gasteiger charge is 2.44. The van der Waals surface area contributed by atoms with Crippen molar-refractivity contribution in [2.24, 2.45) is 59.0 Å². The molecule has 2 aromatic carbocycles. The summed E-state index contributed by atoms with van der Waals surface area (Å²) in [5, 5.41) is 14.2. The Hall–Kier alpha value is -6.62. The van der Waals surface area contributed by atoms with Gasteiger partial charge in [-0.15, -0.1) is 0 Å². The SMILES string of the molecule is CC[C@H](C)[C@@H]([C@@H](CC(=O)N1CCC[C@H]1[C@H](OC)[C@@H](C)C(=O)C[C@@H](Cc1ccccc1)C(=O)NCc1ccc(NC(=O)[C@H](CCCNC(N)=O)CC(=O)[C@@H](NC(=O)CCCN2CCC(C(=O)NC)CC2C)C(C)C)cc1)OC)N(C)C(=O)[C@@H](CC(=O)[C@H](C(C)C)N(C)C)C(C)C. The number of urea groups is 1. The topological polar surface area (TPSA) is 288 Å². The van der Waals surface area contributed by atoms with Crippen molar-refractivity contribution < 1.29 is 57.4 Å². The van der Waals surface area contributed by atoms with Gasteiger partial charge in [0.15, 0.2) is 11.6 Å². The predicted molar refractivity (Wildman–Crippen MR) is 370 cm³/mol. The van der Waals surface area contributed by atoms with Crippen molar-refractivity contribution in [3.8, 4) is 0 Å². The zero-order valence-electron chi connectivity index (χ0n) is 60.1. The van der Waals surface area contributed by atoms with Crippen molar-refractivity contribution in [2.75, 3.05) is 73.9 Å². The molecule has 2 aliphatic heterocycles. The largest absolute Gasteiger partial charge is 0.379 e. The Kier molecular flexibility index (Phi) is 34.2. The Morgan fingerprint density at radius 3 is 1.95 bits per heavy atom. The van der Waals surface area contributed by atoms with Crippen LogP contribution in [0.25, 0.3) is 0 Å². The molecule has 2 heterocycles. The second-order valence-corrected chi connectivity index (χ2v) is 28.1. The molecule has 0 bridgehead atoms. The fourth-order valence-corrected chi connectivity index (χ4v) is 14.2. The molecule has 13 atom stereocenters. The van der Waals surface area contributed by atoms with Crippen molar-refractivity contribution in [3.63, 3.8) is 0 Å². The second-order valence-electron chi connectivity index (χ2n) is 28.1. The molecule has 0 aliphatic carbocycles. The number of likely N-dealkylation sites (N-methyl/N-ethyl adjacent to an activating group) is 2. The van der Waals surface area contributed by atoms with Gasteiger partial charge in [-0.05, 0) is 132 Å². The molecule has 4 rings (SSSR count). The molecule has 7 N–H and O–H groups in total. The van der Waals surface area contributed by atoms with E-state index in [1.807, 2.05) is 105 Å². The van der Waals surface area contributed by atoms with Gasteiger partial charge in [-0.2, -0.15) is 0 Å². The normalized spacial score (nSPS) is 19.2. The number of benzene rings is 2. The molecule has 532 valence electrons. The van der Waals surface area contributed by atoms with Crippen LogP contribution in [0.5, 0.6) is 0 Å². The van der Waals surface area contributed by atoms with E-state index in [0.717, 1.165) is 30.5 Å². The van der Waals surface area contributed by atoms with Gasteiger partial charge in [-0.3, -0.25) is 48.1 Å². The monoisotopic (exact) mass is 1330 g/mol. The Labute approximate surface area is 567 Å². The number of ether oxygens (including phenoxy) is 2. The summed E-state index contributed by atoms with van der Waals surface area (Å²) in [6.45, 7) is 21.8. The first-order valence-electron chi connectivity index (χ1n) is 34.8. The maximum atomic E-state index is 14.7. The number of anilines is 1. The lowest BCUT2D eigenvalue weighted by Crippen LogP contribution is -2.54. The first-order valence-corrected chi connectivity index (χ1v) is 34.8. The third kappa shape index (κ3) is 24.8. The van der Waals surface area contributed by atoms with Crippen LogP contribution in [0.1, 0.15) is 164 Å². The van der Waals surface area contributed by atoms with Gasteiger partial charge in [0.25, 0.3) is 0 Å². The summed E-state index contributed by atoms with van der Waals surface area (Å²) >= 11 is 0. The van der Waals surface area contributed by atoms with E-state index < -0.39 is 65.9 Å². The number of likely N-dealkylation sites (tertiary alicyclic amines) is 2. The smallest absolute Gasteiger partial charge is 0.312 e. The van der Waals surface area contributed by atoms with E-state index in [1.54, 1.807) is 69.3 Å². The molecule has 2 aliphatic rings. The number of methoxy groups -OCH3 is 2. The molecule has 0 radical (unpaired) electrons. The number of amides is 8. The number of hydrogen-bond acceptors (Lipinski definition) is 14. The fourth-order valence-electron chi connectivity index (χ4n) is 14.2. The van der Waals surface area contributed by atoms with Crippen molar-refractivity contribution in [2.45, 2.75) is 208 Å². The molecule has 2 saturated heterocycles. The second kappa shape index (κ2) is 40.2. The van der Waals surface area contributed by atoms with Crippen molar-refractivity contribution in [1.82, 2.24) is 40.9 Å². The van der Waals surface area contributed by atoms with Crippen molar-refractivity contribution in [1.29, 1.82) is 0 Å². The number of carbonyl (C=O) groups excluding carboxylic acids is 10. The van der Waals surface area contributed by atoms with Gasteiger partial charge in [-0.1, -0.05) is 111 Å². The first kappa shape index (κ1) is 80.8. The zero-order valence-corrected chi connectivity index (χ0v) is 60.1. The summed E-state index contributed by atoms with van der Waals surface area (Å²) in [4.78, 5) is 145. The van der Waals surface area contributed by atoms with Gasteiger partial charge in [0.2, 0.25) is 35.4 Å². The number of nitrogens with one attached hydrogen (secondary N) is 5. The van der Waals surface area contributed by atoms with Gasteiger partial charge < -0.3 is 56.5 Å². The molecule has 22 heteroatoms. The van der Waals surface area contributed by atoms with Crippen LogP contribution in [0.3, 0.4) is 0 Å². The molecule has 2 unspecified atom stereocenters. The highest BCUT2D eigenvalue weighted by Crippen LogP contribution is 2.33. The summed E-state index contributed by atoms with van der Waals surface area (Å²) in [5.74, 6) is -5.00. The maximum absolute atomic E-state index is 14.7. The molecule has 22 nitrogen and oxygen atoms in total. The number of ketones is 3. The minimum atomic E-state index is -0.834.